The van der Waals surface area contributed by atoms with Crippen LogP contribution < -0.4 is 0 Å². The van der Waals surface area contributed by atoms with Crippen molar-refractivity contribution < 1.29 is 14.7 Å². The summed E-state index contributed by atoms with van der Waals surface area (Å²) in [6.45, 7) is 15.9. The van der Waals surface area contributed by atoms with Crippen molar-refractivity contribution in [3.05, 3.63) is 36.8 Å². The van der Waals surface area contributed by atoms with Crippen molar-refractivity contribution in [3.63, 3.8) is 0 Å². The van der Waals surface area contributed by atoms with Crippen LogP contribution in [0.4, 0.5) is 0 Å². The summed E-state index contributed by atoms with van der Waals surface area (Å²) < 4.78 is 4.82. The van der Waals surface area contributed by atoms with Crippen LogP contribution in [-0.4, -0.2) is 49.1 Å². The zero-order valence-corrected chi connectivity index (χ0v) is 18.4. The van der Waals surface area contributed by atoms with Gasteiger partial charge in [0.2, 0.25) is 0 Å². The molecular formula is C21H36N4O3. The molecule has 0 saturated heterocycles. The van der Waals surface area contributed by atoms with Crippen molar-refractivity contribution in [2.75, 3.05) is 0 Å². The van der Waals surface area contributed by atoms with Gasteiger partial charge in [0.1, 0.15) is 6.10 Å². The molecule has 158 valence electrons. The zero-order chi connectivity index (χ0) is 21.8. The van der Waals surface area contributed by atoms with Crippen molar-refractivity contribution >= 4 is 6.47 Å². The van der Waals surface area contributed by atoms with Crippen molar-refractivity contribution in [2.45, 2.75) is 79.0 Å². The lowest BCUT2D eigenvalue weighted by molar-refractivity contribution is -0.224. The molecule has 1 atom stereocenters. The van der Waals surface area contributed by atoms with Crippen LogP contribution in [0.2, 0.25) is 0 Å². The van der Waals surface area contributed by atoms with Gasteiger partial charge in [-0.2, -0.15) is 10.2 Å². The molecule has 2 heterocycles. The highest BCUT2D eigenvalue weighted by molar-refractivity contribution is 5.56. The number of ether oxygens (including phenoxy) is 1. The Labute approximate surface area is 169 Å². The fourth-order valence-corrected chi connectivity index (χ4v) is 2.79. The average Bonchev–Trinajstić information content (AvgIpc) is 3.18. The molecule has 0 saturated carbocycles. The lowest BCUT2D eigenvalue weighted by Gasteiger charge is -2.43. The van der Waals surface area contributed by atoms with Crippen LogP contribution in [0.15, 0.2) is 36.8 Å². The third kappa shape index (κ3) is 9.10. The molecule has 7 heteroatoms. The summed E-state index contributed by atoms with van der Waals surface area (Å²) in [6, 6.07) is 5.80. The smallest absolute Gasteiger partial charge is 0.293 e. The summed E-state index contributed by atoms with van der Waals surface area (Å²) in [7, 11) is 0. The van der Waals surface area contributed by atoms with Crippen LogP contribution in [0.3, 0.4) is 0 Å². The first kappa shape index (κ1) is 25.8. The number of H-pyrrole nitrogens is 1. The highest BCUT2D eigenvalue weighted by Crippen LogP contribution is 2.27. The highest BCUT2D eigenvalue weighted by Gasteiger charge is 2.35. The van der Waals surface area contributed by atoms with Crippen LogP contribution in [0.1, 0.15) is 61.8 Å². The number of carbonyl (C=O) groups excluding carboxylic acids is 1. The monoisotopic (exact) mass is 392 g/mol. The van der Waals surface area contributed by atoms with E-state index in [1.165, 1.54) is 5.06 Å². The van der Waals surface area contributed by atoms with Crippen LogP contribution in [-0.2, 0) is 9.53 Å². The van der Waals surface area contributed by atoms with E-state index in [2.05, 4.69) is 15.2 Å². The second-order valence-corrected chi connectivity index (χ2v) is 7.75. The molecule has 28 heavy (non-hydrogen) atoms. The van der Waals surface area contributed by atoms with Crippen LogP contribution in [0.5, 0.6) is 0 Å². The molecule has 0 fully saturated rings. The van der Waals surface area contributed by atoms with Gasteiger partial charge in [0, 0.05) is 41.7 Å². The lowest BCUT2D eigenvalue weighted by atomic mass is 9.92. The summed E-state index contributed by atoms with van der Waals surface area (Å²) in [6.07, 6.45) is 5.64. The number of nitrogens with one attached hydrogen (secondary N) is 1. The standard InChI is InChI=1S/C11H23NO3.C8H7N3.C2H6/c1-9(15-8-13)7-11(5,6)12(14)10(2,3)4;1-4-9-5-2-7(1)8-3-6-10-11-8;1-2/h8-9,14H,7H2,1-6H3;1-6H,(H,10,11);1-2H3. The number of hydrogen-bond acceptors (Lipinski definition) is 6. The normalized spacial score (nSPS) is 12.2. The van der Waals surface area contributed by atoms with E-state index in [1.807, 2.05) is 73.6 Å². The van der Waals surface area contributed by atoms with Gasteiger partial charge < -0.3 is 9.94 Å². The van der Waals surface area contributed by atoms with Gasteiger partial charge in [0.25, 0.3) is 6.47 Å². The van der Waals surface area contributed by atoms with Crippen molar-refractivity contribution in [1.82, 2.24) is 20.2 Å². The first-order valence-corrected chi connectivity index (χ1v) is 9.56. The SMILES string of the molecule is CC.CC(CC(C)(C)N(O)C(C)(C)C)OC=O.c1cc(-c2ccn[nH]2)ccn1. The Balaban J connectivity index is 0.000000492. The van der Waals surface area contributed by atoms with Gasteiger partial charge in [0.15, 0.2) is 0 Å². The minimum Gasteiger partial charge on any atom is -0.465 e. The second kappa shape index (κ2) is 12.3. The van der Waals surface area contributed by atoms with Gasteiger partial charge in [0.05, 0.1) is 5.69 Å². The third-order valence-corrected chi connectivity index (χ3v) is 3.78. The molecule has 0 aromatic carbocycles. The number of pyridine rings is 1. The Hall–Kier alpha value is -2.25. The van der Waals surface area contributed by atoms with Crippen LogP contribution >= 0.6 is 0 Å². The zero-order valence-electron chi connectivity index (χ0n) is 18.4. The van der Waals surface area contributed by atoms with E-state index in [-0.39, 0.29) is 11.6 Å². The predicted octanol–water partition coefficient (Wildman–Crippen LogP) is 4.70. The number of carbonyl (C=O) groups is 1. The fourth-order valence-electron chi connectivity index (χ4n) is 2.79. The maximum absolute atomic E-state index is 10.2. The Morgan fingerprint density at radius 3 is 2.14 bits per heavy atom. The summed E-state index contributed by atoms with van der Waals surface area (Å²) >= 11 is 0. The molecular weight excluding hydrogens is 356 g/mol. The largest absolute Gasteiger partial charge is 0.465 e. The van der Waals surface area contributed by atoms with Crippen LogP contribution in [0, 0.1) is 0 Å². The van der Waals surface area contributed by atoms with Gasteiger partial charge in [-0.05, 0) is 59.7 Å². The first-order valence-electron chi connectivity index (χ1n) is 9.56. The van der Waals surface area contributed by atoms with E-state index in [9.17, 15) is 10.0 Å². The molecule has 0 amide bonds. The predicted molar refractivity (Wildman–Crippen MR) is 112 cm³/mol. The molecule has 2 rings (SSSR count). The number of aromatic amines is 1. The van der Waals surface area contributed by atoms with Crippen molar-refractivity contribution in [2.24, 2.45) is 0 Å². The Bertz CT molecular complexity index is 637. The molecule has 2 aromatic rings. The number of hydroxylamine groups is 2. The maximum atomic E-state index is 10.2. The summed E-state index contributed by atoms with van der Waals surface area (Å²) in [4.78, 5) is 14.1. The Morgan fingerprint density at radius 2 is 1.71 bits per heavy atom. The fraction of sp³-hybridized carbons (Fsp3) is 0.571. The van der Waals surface area contributed by atoms with E-state index in [1.54, 1.807) is 18.6 Å². The molecule has 2 aromatic heterocycles. The van der Waals surface area contributed by atoms with Crippen LogP contribution in [0.25, 0.3) is 11.3 Å². The summed E-state index contributed by atoms with van der Waals surface area (Å²) in [5, 5.41) is 18.1. The number of hydrogen-bond donors (Lipinski definition) is 2. The molecule has 0 aliphatic heterocycles. The van der Waals surface area contributed by atoms with Crippen molar-refractivity contribution in [3.8, 4) is 11.3 Å². The quantitative estimate of drug-likeness (QED) is 0.547. The van der Waals surface area contributed by atoms with Gasteiger partial charge >= 0.3 is 0 Å². The van der Waals surface area contributed by atoms with Gasteiger partial charge in [-0.1, -0.05) is 13.8 Å². The number of nitrogens with zero attached hydrogens (tertiary/aromatic N) is 3. The molecule has 0 bridgehead atoms. The maximum Gasteiger partial charge on any atom is 0.293 e. The van der Waals surface area contributed by atoms with E-state index in [0.717, 1.165) is 11.3 Å². The molecule has 0 spiro atoms. The van der Waals surface area contributed by atoms with E-state index < -0.39 is 5.54 Å². The van der Waals surface area contributed by atoms with E-state index in [0.29, 0.717) is 12.9 Å². The highest BCUT2D eigenvalue weighted by atomic mass is 16.5. The molecule has 0 radical (unpaired) electrons. The van der Waals surface area contributed by atoms with Gasteiger partial charge in [-0.3, -0.25) is 14.9 Å². The average molecular weight is 393 g/mol. The first-order chi connectivity index (χ1) is 13.1. The molecule has 2 N–H and O–H groups in total. The minimum absolute atomic E-state index is 0.200. The number of rotatable bonds is 6. The Morgan fingerprint density at radius 1 is 1.14 bits per heavy atom. The number of aromatic nitrogens is 3. The topological polar surface area (TPSA) is 91.3 Å². The summed E-state index contributed by atoms with van der Waals surface area (Å²) in [5.74, 6) is 0. The van der Waals surface area contributed by atoms with Gasteiger partial charge in [-0.15, -0.1) is 0 Å². The molecule has 0 aliphatic rings. The molecule has 0 aliphatic carbocycles. The molecule has 1 unspecified atom stereocenters. The van der Waals surface area contributed by atoms with Gasteiger partial charge in [-0.25, -0.2) is 0 Å². The lowest BCUT2D eigenvalue weighted by Crippen LogP contribution is -2.53. The summed E-state index contributed by atoms with van der Waals surface area (Å²) in [5.41, 5.74) is 1.37. The van der Waals surface area contributed by atoms with Crippen molar-refractivity contribution in [1.29, 1.82) is 0 Å². The van der Waals surface area contributed by atoms with E-state index in [4.69, 9.17) is 4.74 Å². The van der Waals surface area contributed by atoms with E-state index >= 15 is 0 Å². The second-order valence-electron chi connectivity index (χ2n) is 7.75. The minimum atomic E-state index is -0.430. The third-order valence-electron chi connectivity index (χ3n) is 3.78. The molecule has 7 nitrogen and oxygen atoms in total. The Kier molecular flexibility index (Phi) is 11.3.